The molecule has 2 nitrogen and oxygen atoms in total. The molecule has 0 unspecified atom stereocenters. The number of unbranched alkanes of at least 4 members (excludes halogenated alkanes) is 9. The molecule has 1 aromatic carbocycles. The normalized spacial score (nSPS) is 11.6. The lowest BCUT2D eigenvalue weighted by Gasteiger charge is -2.27. The van der Waals surface area contributed by atoms with Crippen molar-refractivity contribution in [2.75, 3.05) is 20.6 Å². The fourth-order valence-corrected chi connectivity index (χ4v) is 2.79. The average molecular weight is 307 g/mol. The Kier molecular flexibility index (Phi) is 9.98. The molecule has 22 heavy (non-hydrogen) atoms. The molecule has 0 N–H and O–H groups in total. The van der Waals surface area contributed by atoms with Crippen LogP contribution in [0.25, 0.3) is 0 Å². The maximum atomic E-state index is 6.02. The second kappa shape index (κ2) is 11.5. The second-order valence-corrected chi connectivity index (χ2v) is 6.88. The first-order valence-electron chi connectivity index (χ1n) is 9.22. The Morgan fingerprint density at radius 2 is 1.23 bits per heavy atom. The Balaban J connectivity index is 1.99. The van der Waals surface area contributed by atoms with E-state index < -0.39 is 0 Å². The van der Waals surface area contributed by atoms with Gasteiger partial charge in [-0.3, -0.25) is 0 Å². The van der Waals surface area contributed by atoms with Gasteiger partial charge in [0.25, 0.3) is 0 Å². The van der Waals surface area contributed by atoms with Crippen LogP contribution in [0, 0.1) is 0 Å². The van der Waals surface area contributed by atoms with Crippen LogP contribution in [0.5, 0.6) is 5.75 Å². The van der Waals surface area contributed by atoms with E-state index in [1.54, 1.807) is 0 Å². The lowest BCUT2D eigenvalue weighted by Crippen LogP contribution is -2.43. The van der Waals surface area contributed by atoms with Crippen LogP contribution in [0.3, 0.4) is 0 Å². The molecule has 0 bridgehead atoms. The number of hydrogen-bond acceptors (Lipinski definition) is 1. The summed E-state index contributed by atoms with van der Waals surface area (Å²) in [5, 5.41) is 0. The van der Waals surface area contributed by atoms with Gasteiger partial charge in [-0.1, -0.05) is 76.5 Å². The highest BCUT2D eigenvalue weighted by atomic mass is 16.7. The van der Waals surface area contributed by atoms with Crippen molar-refractivity contribution in [2.45, 2.75) is 71.1 Å². The van der Waals surface area contributed by atoms with Crippen LogP contribution in [-0.2, 0) is 0 Å². The van der Waals surface area contributed by atoms with Crippen molar-refractivity contribution in [3.63, 3.8) is 0 Å². The topological polar surface area (TPSA) is 9.23 Å². The number of rotatable bonds is 13. The van der Waals surface area contributed by atoms with Crippen molar-refractivity contribution in [3.8, 4) is 5.75 Å². The van der Waals surface area contributed by atoms with E-state index in [0.29, 0.717) is 4.65 Å². The lowest BCUT2D eigenvalue weighted by atomic mass is 10.1. The number of quaternary nitrogens is 1. The van der Waals surface area contributed by atoms with Gasteiger partial charge in [0, 0.05) is 6.42 Å². The molecular weight excluding hydrogens is 270 g/mol. The molecule has 0 radical (unpaired) electrons. The van der Waals surface area contributed by atoms with E-state index >= 15 is 0 Å². The quantitative estimate of drug-likeness (QED) is 0.247. The average Bonchev–Trinajstić information content (AvgIpc) is 2.49. The molecule has 0 aliphatic carbocycles. The van der Waals surface area contributed by atoms with E-state index in [9.17, 15) is 0 Å². The van der Waals surface area contributed by atoms with Crippen LogP contribution < -0.4 is 4.84 Å². The Morgan fingerprint density at radius 3 is 1.77 bits per heavy atom. The Morgan fingerprint density at radius 1 is 0.727 bits per heavy atom. The van der Waals surface area contributed by atoms with Crippen LogP contribution >= 0.6 is 0 Å². The third-order valence-electron chi connectivity index (χ3n) is 4.15. The summed E-state index contributed by atoms with van der Waals surface area (Å²) in [5.41, 5.74) is 0. The predicted molar refractivity (Wildman–Crippen MR) is 95.9 cm³/mol. The third-order valence-corrected chi connectivity index (χ3v) is 4.15. The largest absolute Gasteiger partial charge is 0.316 e. The molecule has 2 heteroatoms. The van der Waals surface area contributed by atoms with Gasteiger partial charge < -0.3 is 4.84 Å². The van der Waals surface area contributed by atoms with Crippen molar-refractivity contribution < 1.29 is 9.48 Å². The minimum atomic E-state index is 0.612. The fourth-order valence-electron chi connectivity index (χ4n) is 2.79. The van der Waals surface area contributed by atoms with Gasteiger partial charge in [0.15, 0.2) is 5.75 Å². The summed E-state index contributed by atoms with van der Waals surface area (Å²) in [4.78, 5) is 6.02. The highest BCUT2D eigenvalue weighted by Gasteiger charge is 2.17. The van der Waals surface area contributed by atoms with E-state index in [-0.39, 0.29) is 0 Å². The van der Waals surface area contributed by atoms with Crippen LogP contribution in [0.2, 0.25) is 0 Å². The fraction of sp³-hybridized carbons (Fsp3) is 0.700. The maximum Gasteiger partial charge on any atom is 0.190 e. The Labute approximate surface area is 138 Å². The molecule has 0 fully saturated rings. The summed E-state index contributed by atoms with van der Waals surface area (Å²) in [7, 11) is 4.28. The first-order chi connectivity index (χ1) is 10.6. The number of hydroxylamine groups is 3. The summed E-state index contributed by atoms with van der Waals surface area (Å²) in [6, 6.07) is 10.1. The molecule has 0 atom stereocenters. The number of para-hydroxylation sites is 1. The van der Waals surface area contributed by atoms with Crippen LogP contribution in [0.4, 0.5) is 0 Å². The summed E-state index contributed by atoms with van der Waals surface area (Å²) in [6.45, 7) is 3.35. The molecule has 0 aromatic heterocycles. The zero-order valence-corrected chi connectivity index (χ0v) is 15.0. The molecule has 0 spiro atoms. The van der Waals surface area contributed by atoms with Gasteiger partial charge in [0.1, 0.15) is 20.6 Å². The zero-order chi connectivity index (χ0) is 16.1. The van der Waals surface area contributed by atoms with Gasteiger partial charge >= 0.3 is 0 Å². The van der Waals surface area contributed by atoms with Gasteiger partial charge in [-0.15, -0.1) is 4.65 Å². The van der Waals surface area contributed by atoms with E-state index in [1.165, 1.54) is 64.2 Å². The van der Waals surface area contributed by atoms with E-state index in [4.69, 9.17) is 4.84 Å². The monoisotopic (exact) mass is 306 g/mol. The van der Waals surface area contributed by atoms with E-state index in [2.05, 4.69) is 21.0 Å². The number of hydrogen-bond donors (Lipinski definition) is 0. The highest BCUT2D eigenvalue weighted by molar-refractivity contribution is 5.20. The Hall–Kier alpha value is -1.02. The highest BCUT2D eigenvalue weighted by Crippen LogP contribution is 2.15. The smallest absolute Gasteiger partial charge is 0.190 e. The molecule has 0 saturated heterocycles. The van der Waals surface area contributed by atoms with E-state index in [0.717, 1.165) is 12.3 Å². The van der Waals surface area contributed by atoms with Gasteiger partial charge in [0.2, 0.25) is 0 Å². The maximum absolute atomic E-state index is 6.02. The Bertz CT molecular complexity index is 361. The predicted octanol–water partition coefficient (Wildman–Crippen LogP) is 5.98. The zero-order valence-electron chi connectivity index (χ0n) is 15.0. The second-order valence-electron chi connectivity index (χ2n) is 6.88. The molecule has 0 aliphatic heterocycles. The van der Waals surface area contributed by atoms with Crippen LogP contribution in [0.15, 0.2) is 30.3 Å². The molecule has 1 rings (SSSR count). The van der Waals surface area contributed by atoms with Crippen molar-refractivity contribution in [1.29, 1.82) is 0 Å². The van der Waals surface area contributed by atoms with Crippen LogP contribution in [-0.4, -0.2) is 25.3 Å². The molecule has 0 amide bonds. The van der Waals surface area contributed by atoms with Crippen molar-refractivity contribution in [2.24, 2.45) is 0 Å². The van der Waals surface area contributed by atoms with Crippen LogP contribution in [0.1, 0.15) is 71.1 Å². The summed E-state index contributed by atoms with van der Waals surface area (Å²) in [6.07, 6.45) is 13.8. The van der Waals surface area contributed by atoms with Gasteiger partial charge in [-0.2, -0.15) is 0 Å². The molecule has 126 valence electrons. The van der Waals surface area contributed by atoms with Crippen molar-refractivity contribution in [3.05, 3.63) is 30.3 Å². The van der Waals surface area contributed by atoms with E-state index in [1.807, 2.05) is 30.3 Å². The minimum absolute atomic E-state index is 0.612. The van der Waals surface area contributed by atoms with Gasteiger partial charge in [-0.25, -0.2) is 0 Å². The SMILES string of the molecule is CCCCCCCCCCCC[N+](C)(C)Oc1ccccc1. The molecule has 0 heterocycles. The summed E-state index contributed by atoms with van der Waals surface area (Å²) in [5.74, 6) is 0.958. The van der Waals surface area contributed by atoms with Gasteiger partial charge in [0.05, 0.1) is 0 Å². The molecular formula is C20H36NO+. The number of benzene rings is 1. The van der Waals surface area contributed by atoms with Crippen molar-refractivity contribution >= 4 is 0 Å². The third kappa shape index (κ3) is 9.83. The lowest BCUT2D eigenvalue weighted by molar-refractivity contribution is -1.05. The van der Waals surface area contributed by atoms with Gasteiger partial charge in [-0.05, 0) is 18.6 Å². The summed E-state index contributed by atoms with van der Waals surface area (Å²) < 4.78 is 0.612. The first kappa shape index (κ1) is 19.0. The number of nitrogens with zero attached hydrogens (tertiary/aromatic N) is 1. The molecule has 1 aromatic rings. The first-order valence-corrected chi connectivity index (χ1v) is 9.22. The summed E-state index contributed by atoms with van der Waals surface area (Å²) >= 11 is 0. The molecule has 0 saturated carbocycles. The molecule has 0 aliphatic rings. The standard InChI is InChI=1S/C20H36NO/c1-4-5-6-7-8-9-10-11-12-16-19-21(2,3)22-20-17-14-13-15-18-20/h13-15,17-18H,4-12,16,19H2,1-3H3/q+1. The minimum Gasteiger partial charge on any atom is -0.316 e. The van der Waals surface area contributed by atoms with Crippen molar-refractivity contribution in [1.82, 2.24) is 0 Å².